The number of rotatable bonds is 3. The lowest BCUT2D eigenvalue weighted by molar-refractivity contribution is 0.475. The van der Waals surface area contributed by atoms with E-state index in [0.717, 1.165) is 5.25 Å². The summed E-state index contributed by atoms with van der Waals surface area (Å²) in [7, 11) is 0. The van der Waals surface area contributed by atoms with Gasteiger partial charge in [0.1, 0.15) is 0 Å². The van der Waals surface area contributed by atoms with Gasteiger partial charge in [-0.05, 0) is 37.7 Å². The predicted molar refractivity (Wildman–Crippen MR) is 72.2 cm³/mol. The Labute approximate surface area is 102 Å². The van der Waals surface area contributed by atoms with Crippen LogP contribution in [0.1, 0.15) is 31.2 Å². The standard InChI is InChI=1S/C13H20N2S/c1-10-7-11(9-14-8-10)15-12-5-3-4-6-13(12)16-2/h7-9,12-13,15H,3-6H2,1-2H3. The van der Waals surface area contributed by atoms with Crippen LogP contribution in [0.5, 0.6) is 0 Å². The smallest absolute Gasteiger partial charge is 0.0531 e. The van der Waals surface area contributed by atoms with E-state index in [0.29, 0.717) is 6.04 Å². The number of aryl methyl sites for hydroxylation is 1. The number of anilines is 1. The fourth-order valence-corrected chi connectivity index (χ4v) is 3.33. The fourth-order valence-electron chi connectivity index (χ4n) is 2.39. The molecule has 2 unspecified atom stereocenters. The van der Waals surface area contributed by atoms with Crippen LogP contribution >= 0.6 is 11.8 Å². The van der Waals surface area contributed by atoms with Crippen LogP contribution in [0.25, 0.3) is 0 Å². The average Bonchev–Trinajstić information content (AvgIpc) is 2.30. The molecule has 1 fully saturated rings. The van der Waals surface area contributed by atoms with Crippen molar-refractivity contribution < 1.29 is 0 Å². The quantitative estimate of drug-likeness (QED) is 0.869. The molecule has 0 saturated heterocycles. The second-order valence-electron chi connectivity index (χ2n) is 4.56. The van der Waals surface area contributed by atoms with Crippen molar-refractivity contribution in [1.29, 1.82) is 0 Å². The Morgan fingerprint density at radius 1 is 1.31 bits per heavy atom. The van der Waals surface area contributed by atoms with Crippen molar-refractivity contribution in [3.63, 3.8) is 0 Å². The molecule has 0 amide bonds. The first-order chi connectivity index (χ1) is 7.79. The summed E-state index contributed by atoms with van der Waals surface area (Å²) < 4.78 is 0. The summed E-state index contributed by atoms with van der Waals surface area (Å²) in [5.41, 5.74) is 2.40. The molecule has 0 aromatic carbocycles. The van der Waals surface area contributed by atoms with Crippen LogP contribution in [0.3, 0.4) is 0 Å². The molecule has 2 rings (SSSR count). The largest absolute Gasteiger partial charge is 0.380 e. The van der Waals surface area contributed by atoms with E-state index in [9.17, 15) is 0 Å². The Morgan fingerprint density at radius 2 is 2.12 bits per heavy atom. The molecular formula is C13H20N2S. The molecule has 0 radical (unpaired) electrons. The predicted octanol–water partition coefficient (Wildman–Crippen LogP) is 3.48. The first-order valence-corrected chi connectivity index (χ1v) is 7.29. The van der Waals surface area contributed by atoms with E-state index in [2.05, 4.69) is 29.5 Å². The van der Waals surface area contributed by atoms with Crippen LogP contribution in [0.4, 0.5) is 5.69 Å². The van der Waals surface area contributed by atoms with Gasteiger partial charge in [-0.2, -0.15) is 11.8 Å². The Hall–Kier alpha value is -0.700. The normalized spacial score (nSPS) is 25.4. The number of pyridine rings is 1. The second kappa shape index (κ2) is 5.58. The van der Waals surface area contributed by atoms with Crippen LogP contribution in [0.15, 0.2) is 18.5 Å². The van der Waals surface area contributed by atoms with E-state index in [1.165, 1.54) is 36.9 Å². The Bertz CT molecular complexity index is 340. The molecule has 2 nitrogen and oxygen atoms in total. The first kappa shape index (κ1) is 11.8. The summed E-state index contributed by atoms with van der Waals surface area (Å²) in [6.45, 7) is 2.09. The van der Waals surface area contributed by atoms with Crippen molar-refractivity contribution in [1.82, 2.24) is 4.98 Å². The molecule has 2 atom stereocenters. The highest BCUT2D eigenvalue weighted by atomic mass is 32.2. The lowest BCUT2D eigenvalue weighted by Gasteiger charge is -2.31. The minimum atomic E-state index is 0.618. The van der Waals surface area contributed by atoms with Gasteiger partial charge >= 0.3 is 0 Å². The van der Waals surface area contributed by atoms with E-state index >= 15 is 0 Å². The summed E-state index contributed by atoms with van der Waals surface area (Å²) in [6.07, 6.45) is 11.4. The molecule has 1 heterocycles. The lowest BCUT2D eigenvalue weighted by Crippen LogP contribution is -2.34. The molecule has 88 valence electrons. The van der Waals surface area contributed by atoms with E-state index in [-0.39, 0.29) is 0 Å². The molecule has 0 aliphatic heterocycles. The summed E-state index contributed by atoms with van der Waals surface area (Å²) in [5, 5.41) is 4.40. The maximum atomic E-state index is 4.23. The fraction of sp³-hybridized carbons (Fsp3) is 0.615. The molecule has 1 aliphatic carbocycles. The highest BCUT2D eigenvalue weighted by Crippen LogP contribution is 2.29. The number of thioether (sulfide) groups is 1. The number of nitrogens with zero attached hydrogens (tertiary/aromatic N) is 1. The number of hydrogen-bond donors (Lipinski definition) is 1. The molecule has 1 saturated carbocycles. The zero-order valence-electron chi connectivity index (χ0n) is 10.1. The number of aromatic nitrogens is 1. The Balaban J connectivity index is 2.02. The summed E-state index contributed by atoms with van der Waals surface area (Å²) in [5.74, 6) is 0. The first-order valence-electron chi connectivity index (χ1n) is 6.00. The van der Waals surface area contributed by atoms with Crippen molar-refractivity contribution in [2.24, 2.45) is 0 Å². The SMILES string of the molecule is CSC1CCCCC1Nc1cncc(C)c1. The van der Waals surface area contributed by atoms with Crippen LogP contribution in [0.2, 0.25) is 0 Å². The third-order valence-corrected chi connectivity index (χ3v) is 4.40. The molecule has 1 aliphatic rings. The topological polar surface area (TPSA) is 24.9 Å². The average molecular weight is 236 g/mol. The molecule has 0 bridgehead atoms. The highest BCUT2D eigenvalue weighted by molar-refractivity contribution is 7.99. The third kappa shape index (κ3) is 2.91. The molecule has 0 spiro atoms. The summed E-state index contributed by atoms with van der Waals surface area (Å²) >= 11 is 1.99. The van der Waals surface area contributed by atoms with Crippen molar-refractivity contribution >= 4 is 17.4 Å². The summed E-state index contributed by atoms with van der Waals surface area (Å²) in [6, 6.07) is 2.80. The minimum Gasteiger partial charge on any atom is -0.380 e. The zero-order valence-corrected chi connectivity index (χ0v) is 10.9. The van der Waals surface area contributed by atoms with Crippen molar-refractivity contribution in [3.8, 4) is 0 Å². The molecule has 3 heteroatoms. The number of nitrogens with one attached hydrogen (secondary N) is 1. The van der Waals surface area contributed by atoms with Gasteiger partial charge in [0.25, 0.3) is 0 Å². The van der Waals surface area contributed by atoms with Gasteiger partial charge in [0.15, 0.2) is 0 Å². The Morgan fingerprint density at radius 3 is 2.88 bits per heavy atom. The Kier molecular flexibility index (Phi) is 4.10. The highest BCUT2D eigenvalue weighted by Gasteiger charge is 2.23. The second-order valence-corrected chi connectivity index (χ2v) is 5.64. The third-order valence-electron chi connectivity index (χ3n) is 3.23. The molecule has 16 heavy (non-hydrogen) atoms. The van der Waals surface area contributed by atoms with E-state index in [1.807, 2.05) is 24.2 Å². The van der Waals surface area contributed by atoms with Crippen LogP contribution in [0, 0.1) is 6.92 Å². The van der Waals surface area contributed by atoms with Crippen LogP contribution < -0.4 is 5.32 Å². The number of hydrogen-bond acceptors (Lipinski definition) is 3. The molecule has 1 aromatic heterocycles. The van der Waals surface area contributed by atoms with Crippen LogP contribution in [-0.2, 0) is 0 Å². The van der Waals surface area contributed by atoms with Gasteiger partial charge in [-0.15, -0.1) is 0 Å². The zero-order chi connectivity index (χ0) is 11.4. The molecule has 1 aromatic rings. The van der Waals surface area contributed by atoms with Gasteiger partial charge < -0.3 is 5.32 Å². The van der Waals surface area contributed by atoms with Crippen molar-refractivity contribution in [2.45, 2.75) is 43.9 Å². The van der Waals surface area contributed by atoms with Gasteiger partial charge in [-0.1, -0.05) is 12.8 Å². The lowest BCUT2D eigenvalue weighted by atomic mass is 9.94. The maximum Gasteiger partial charge on any atom is 0.0531 e. The van der Waals surface area contributed by atoms with Gasteiger partial charge in [0, 0.05) is 23.7 Å². The van der Waals surface area contributed by atoms with E-state index < -0.39 is 0 Å². The van der Waals surface area contributed by atoms with Crippen molar-refractivity contribution in [2.75, 3.05) is 11.6 Å². The maximum absolute atomic E-state index is 4.23. The van der Waals surface area contributed by atoms with Crippen LogP contribution in [-0.4, -0.2) is 22.5 Å². The van der Waals surface area contributed by atoms with Gasteiger partial charge in [-0.25, -0.2) is 0 Å². The minimum absolute atomic E-state index is 0.618. The van der Waals surface area contributed by atoms with Crippen molar-refractivity contribution in [3.05, 3.63) is 24.0 Å². The summed E-state index contributed by atoms with van der Waals surface area (Å²) in [4.78, 5) is 4.23. The van der Waals surface area contributed by atoms with E-state index in [4.69, 9.17) is 0 Å². The molecular weight excluding hydrogens is 216 g/mol. The van der Waals surface area contributed by atoms with Gasteiger partial charge in [0.2, 0.25) is 0 Å². The monoisotopic (exact) mass is 236 g/mol. The molecule has 1 N–H and O–H groups in total. The van der Waals surface area contributed by atoms with Gasteiger partial charge in [0.05, 0.1) is 5.69 Å². The van der Waals surface area contributed by atoms with Gasteiger partial charge in [-0.3, -0.25) is 4.98 Å². The van der Waals surface area contributed by atoms with E-state index in [1.54, 1.807) is 0 Å².